The first-order valence-electron chi connectivity index (χ1n) is 6.35. The molecule has 1 saturated heterocycles. The van der Waals surface area contributed by atoms with Crippen molar-refractivity contribution in [3.05, 3.63) is 47.2 Å². The first-order chi connectivity index (χ1) is 8.84. The predicted octanol–water partition coefficient (Wildman–Crippen LogP) is 2.99. The molecule has 4 heteroatoms. The van der Waals surface area contributed by atoms with E-state index < -0.39 is 0 Å². The highest BCUT2D eigenvalue weighted by Crippen LogP contribution is 2.26. The smallest absolute Gasteiger partial charge is 0.0831 e. The molecule has 0 aliphatic carbocycles. The van der Waals surface area contributed by atoms with Crippen molar-refractivity contribution in [2.75, 3.05) is 13.1 Å². The van der Waals surface area contributed by atoms with Crippen LogP contribution in [0.2, 0.25) is 5.02 Å². The second kappa shape index (κ2) is 5.12. The zero-order valence-corrected chi connectivity index (χ0v) is 10.9. The van der Waals surface area contributed by atoms with Crippen LogP contribution in [-0.4, -0.2) is 22.9 Å². The molecule has 1 aliphatic heterocycles. The Kier molecular flexibility index (Phi) is 3.35. The minimum Gasteiger partial charge on any atom is -0.317 e. The summed E-state index contributed by atoms with van der Waals surface area (Å²) >= 11 is 6.18. The van der Waals surface area contributed by atoms with E-state index in [-0.39, 0.29) is 0 Å². The van der Waals surface area contributed by atoms with Gasteiger partial charge in [0, 0.05) is 6.20 Å². The molecule has 0 spiro atoms. The maximum absolute atomic E-state index is 6.18. The lowest BCUT2D eigenvalue weighted by Crippen LogP contribution is -2.26. The standard InChI is InChI=1S/C14H16ClN3/c15-13-3-1-2-4-14(13)18-10-12(9-17-18)11-5-7-16-8-6-11/h1-4,9-11,16H,5-8H2. The topological polar surface area (TPSA) is 29.9 Å². The molecule has 0 saturated carbocycles. The molecule has 0 amide bonds. The fourth-order valence-corrected chi connectivity index (χ4v) is 2.69. The fraction of sp³-hybridized carbons (Fsp3) is 0.357. The molecule has 2 aromatic rings. The van der Waals surface area contributed by atoms with Crippen LogP contribution in [0.5, 0.6) is 0 Å². The summed E-state index contributed by atoms with van der Waals surface area (Å²) in [5.41, 5.74) is 2.26. The lowest BCUT2D eigenvalue weighted by Gasteiger charge is -2.21. The summed E-state index contributed by atoms with van der Waals surface area (Å²) in [6, 6.07) is 7.79. The Balaban J connectivity index is 1.87. The molecule has 0 radical (unpaired) electrons. The summed E-state index contributed by atoms with van der Waals surface area (Å²) in [4.78, 5) is 0. The average molecular weight is 262 g/mol. The van der Waals surface area contributed by atoms with Gasteiger partial charge in [0.15, 0.2) is 0 Å². The van der Waals surface area contributed by atoms with Crippen molar-refractivity contribution in [1.29, 1.82) is 0 Å². The van der Waals surface area contributed by atoms with E-state index in [2.05, 4.69) is 16.6 Å². The predicted molar refractivity (Wildman–Crippen MR) is 73.4 cm³/mol. The molecule has 1 aromatic carbocycles. The average Bonchev–Trinajstić information content (AvgIpc) is 2.90. The molecule has 1 fully saturated rings. The van der Waals surface area contributed by atoms with Gasteiger partial charge in [-0.15, -0.1) is 0 Å². The second-order valence-electron chi connectivity index (χ2n) is 4.69. The summed E-state index contributed by atoms with van der Waals surface area (Å²) in [6.07, 6.45) is 6.46. The van der Waals surface area contributed by atoms with Crippen molar-refractivity contribution in [2.24, 2.45) is 0 Å². The largest absolute Gasteiger partial charge is 0.317 e. The van der Waals surface area contributed by atoms with Crippen LogP contribution in [0.4, 0.5) is 0 Å². The van der Waals surface area contributed by atoms with Crippen LogP contribution in [0.15, 0.2) is 36.7 Å². The molecular formula is C14H16ClN3. The van der Waals surface area contributed by atoms with E-state index in [1.807, 2.05) is 35.1 Å². The van der Waals surface area contributed by atoms with Crippen molar-refractivity contribution in [2.45, 2.75) is 18.8 Å². The summed E-state index contributed by atoms with van der Waals surface area (Å²) in [5.74, 6) is 0.627. The highest BCUT2D eigenvalue weighted by molar-refractivity contribution is 6.32. The van der Waals surface area contributed by atoms with Gasteiger partial charge in [0.25, 0.3) is 0 Å². The fourth-order valence-electron chi connectivity index (χ4n) is 2.47. The SMILES string of the molecule is Clc1ccccc1-n1cc(C2CCNCC2)cn1. The molecule has 2 heterocycles. The number of hydrogen-bond donors (Lipinski definition) is 1. The van der Waals surface area contributed by atoms with Gasteiger partial charge in [0.1, 0.15) is 0 Å². The van der Waals surface area contributed by atoms with Crippen molar-refractivity contribution < 1.29 is 0 Å². The highest BCUT2D eigenvalue weighted by atomic mass is 35.5. The first kappa shape index (κ1) is 11.8. The Morgan fingerprint density at radius 1 is 1.22 bits per heavy atom. The molecule has 1 N–H and O–H groups in total. The summed E-state index contributed by atoms with van der Waals surface area (Å²) in [7, 11) is 0. The zero-order chi connectivity index (χ0) is 12.4. The van der Waals surface area contributed by atoms with E-state index in [0.717, 1.165) is 23.8 Å². The number of para-hydroxylation sites is 1. The van der Waals surface area contributed by atoms with Crippen LogP contribution in [0.1, 0.15) is 24.3 Å². The number of halogens is 1. The molecule has 0 bridgehead atoms. The number of benzene rings is 1. The third-order valence-corrected chi connectivity index (χ3v) is 3.83. The minimum absolute atomic E-state index is 0.627. The van der Waals surface area contributed by atoms with Crippen LogP contribution in [-0.2, 0) is 0 Å². The Hall–Kier alpha value is -1.32. The van der Waals surface area contributed by atoms with Crippen molar-refractivity contribution in [3.8, 4) is 5.69 Å². The van der Waals surface area contributed by atoms with Crippen LogP contribution >= 0.6 is 11.6 Å². The third-order valence-electron chi connectivity index (χ3n) is 3.51. The van der Waals surface area contributed by atoms with Crippen LogP contribution in [0.25, 0.3) is 5.69 Å². The highest BCUT2D eigenvalue weighted by Gasteiger charge is 2.17. The quantitative estimate of drug-likeness (QED) is 0.901. The summed E-state index contributed by atoms with van der Waals surface area (Å²) in [5, 5.41) is 8.55. The number of piperidine rings is 1. The number of rotatable bonds is 2. The van der Waals surface area contributed by atoms with Crippen LogP contribution in [0, 0.1) is 0 Å². The van der Waals surface area contributed by atoms with Gasteiger partial charge in [0.05, 0.1) is 16.9 Å². The van der Waals surface area contributed by atoms with Gasteiger partial charge in [-0.25, -0.2) is 4.68 Å². The Bertz CT molecular complexity index is 529. The van der Waals surface area contributed by atoms with Gasteiger partial charge in [-0.2, -0.15) is 5.10 Å². The van der Waals surface area contributed by atoms with E-state index in [1.165, 1.54) is 18.4 Å². The van der Waals surface area contributed by atoms with Crippen molar-refractivity contribution >= 4 is 11.6 Å². The number of nitrogens with one attached hydrogen (secondary N) is 1. The Labute approximate surface area is 112 Å². The van der Waals surface area contributed by atoms with E-state index >= 15 is 0 Å². The molecular weight excluding hydrogens is 246 g/mol. The Morgan fingerprint density at radius 3 is 2.78 bits per heavy atom. The van der Waals surface area contributed by atoms with Crippen molar-refractivity contribution in [3.63, 3.8) is 0 Å². The summed E-state index contributed by atoms with van der Waals surface area (Å²) < 4.78 is 1.87. The van der Waals surface area contributed by atoms with Gasteiger partial charge in [-0.1, -0.05) is 23.7 Å². The zero-order valence-electron chi connectivity index (χ0n) is 10.1. The molecule has 94 valence electrons. The van der Waals surface area contributed by atoms with Gasteiger partial charge in [-0.05, 0) is 49.5 Å². The van der Waals surface area contributed by atoms with Gasteiger partial charge < -0.3 is 5.32 Å². The van der Waals surface area contributed by atoms with E-state index in [0.29, 0.717) is 5.92 Å². The van der Waals surface area contributed by atoms with Gasteiger partial charge in [0.2, 0.25) is 0 Å². The van der Waals surface area contributed by atoms with Crippen LogP contribution in [0.3, 0.4) is 0 Å². The van der Waals surface area contributed by atoms with E-state index in [4.69, 9.17) is 11.6 Å². The van der Waals surface area contributed by atoms with Gasteiger partial charge in [-0.3, -0.25) is 0 Å². The molecule has 0 unspecified atom stereocenters. The number of nitrogens with zero attached hydrogens (tertiary/aromatic N) is 2. The molecule has 1 aromatic heterocycles. The molecule has 18 heavy (non-hydrogen) atoms. The summed E-state index contributed by atoms with van der Waals surface area (Å²) in [6.45, 7) is 2.20. The Morgan fingerprint density at radius 2 is 2.00 bits per heavy atom. The maximum Gasteiger partial charge on any atom is 0.0831 e. The lowest BCUT2D eigenvalue weighted by atomic mass is 9.93. The lowest BCUT2D eigenvalue weighted by molar-refractivity contribution is 0.460. The second-order valence-corrected chi connectivity index (χ2v) is 5.10. The third kappa shape index (κ3) is 2.28. The molecule has 1 aliphatic rings. The molecule has 3 rings (SSSR count). The van der Waals surface area contributed by atoms with E-state index in [1.54, 1.807) is 0 Å². The number of aromatic nitrogens is 2. The monoisotopic (exact) mass is 261 g/mol. The first-order valence-corrected chi connectivity index (χ1v) is 6.72. The molecule has 3 nitrogen and oxygen atoms in total. The minimum atomic E-state index is 0.627. The van der Waals surface area contributed by atoms with Crippen molar-refractivity contribution in [1.82, 2.24) is 15.1 Å². The molecule has 0 atom stereocenters. The maximum atomic E-state index is 6.18. The van der Waals surface area contributed by atoms with E-state index in [9.17, 15) is 0 Å². The normalized spacial score (nSPS) is 16.9. The van der Waals surface area contributed by atoms with Gasteiger partial charge >= 0.3 is 0 Å². The number of hydrogen-bond acceptors (Lipinski definition) is 2. The van der Waals surface area contributed by atoms with Crippen LogP contribution < -0.4 is 5.32 Å².